The second-order valence-corrected chi connectivity index (χ2v) is 4.29. The average molecular weight is 235 g/mol. The summed E-state index contributed by atoms with van der Waals surface area (Å²) in [5.41, 5.74) is 6.71. The van der Waals surface area contributed by atoms with E-state index in [0.717, 1.165) is 22.2 Å². The van der Waals surface area contributed by atoms with Crippen LogP contribution in [0.15, 0.2) is 34.8 Å². The van der Waals surface area contributed by atoms with Crippen molar-refractivity contribution in [2.24, 2.45) is 12.8 Å². The van der Waals surface area contributed by atoms with Crippen LogP contribution in [0.1, 0.15) is 5.56 Å². The third-order valence-electron chi connectivity index (χ3n) is 2.12. The molecule has 0 fully saturated rings. The van der Waals surface area contributed by atoms with Crippen molar-refractivity contribution in [3.63, 3.8) is 0 Å². The van der Waals surface area contributed by atoms with Crippen LogP contribution in [0.4, 0.5) is 0 Å². The van der Waals surface area contributed by atoms with Crippen LogP contribution in [-0.2, 0) is 13.5 Å². The van der Waals surface area contributed by atoms with Gasteiger partial charge in [-0.15, -0.1) is 10.2 Å². The maximum absolute atomic E-state index is 5.56. The Morgan fingerprint density at radius 2 is 2.38 bits per heavy atom. The Hall–Kier alpha value is -1.40. The zero-order valence-electron chi connectivity index (χ0n) is 9.00. The SMILES string of the molecule is Cn1cnnc1Sc1ncccc1CCN. The van der Waals surface area contributed by atoms with Gasteiger partial charge in [-0.25, -0.2) is 4.98 Å². The summed E-state index contributed by atoms with van der Waals surface area (Å²) in [5, 5.41) is 9.63. The van der Waals surface area contributed by atoms with Crippen LogP contribution in [0.25, 0.3) is 0 Å². The standard InChI is InChI=1S/C10H13N5S/c1-15-7-13-14-10(15)16-9-8(4-5-11)3-2-6-12-9/h2-3,6-7H,4-5,11H2,1H3. The second-order valence-electron chi connectivity index (χ2n) is 3.33. The Balaban J connectivity index is 2.24. The molecule has 0 unspecified atom stereocenters. The molecule has 0 radical (unpaired) electrons. The summed E-state index contributed by atoms with van der Waals surface area (Å²) >= 11 is 1.51. The normalized spacial score (nSPS) is 10.6. The molecular formula is C10H13N5S. The molecule has 5 nitrogen and oxygen atoms in total. The fourth-order valence-electron chi connectivity index (χ4n) is 1.31. The monoisotopic (exact) mass is 235 g/mol. The first-order chi connectivity index (χ1) is 7.81. The van der Waals surface area contributed by atoms with E-state index >= 15 is 0 Å². The lowest BCUT2D eigenvalue weighted by atomic mass is 10.2. The molecule has 0 aromatic carbocycles. The van der Waals surface area contributed by atoms with Gasteiger partial charge in [-0.3, -0.25) is 0 Å². The van der Waals surface area contributed by atoms with Crippen LogP contribution in [0.2, 0.25) is 0 Å². The Bertz CT molecular complexity index is 468. The number of nitrogens with two attached hydrogens (primary N) is 1. The highest BCUT2D eigenvalue weighted by molar-refractivity contribution is 7.99. The Morgan fingerprint density at radius 3 is 3.06 bits per heavy atom. The van der Waals surface area contributed by atoms with Gasteiger partial charge in [0.1, 0.15) is 11.4 Å². The minimum absolute atomic E-state index is 0.623. The van der Waals surface area contributed by atoms with Crippen molar-refractivity contribution in [2.75, 3.05) is 6.54 Å². The van der Waals surface area contributed by atoms with E-state index in [9.17, 15) is 0 Å². The lowest BCUT2D eigenvalue weighted by Gasteiger charge is -2.05. The predicted molar refractivity (Wildman–Crippen MR) is 62.1 cm³/mol. The van der Waals surface area contributed by atoms with Crippen LogP contribution >= 0.6 is 11.8 Å². The highest BCUT2D eigenvalue weighted by Crippen LogP contribution is 2.26. The van der Waals surface area contributed by atoms with E-state index in [0.29, 0.717) is 6.54 Å². The molecule has 0 spiro atoms. The van der Waals surface area contributed by atoms with Crippen molar-refractivity contribution in [2.45, 2.75) is 16.6 Å². The molecular weight excluding hydrogens is 222 g/mol. The third kappa shape index (κ3) is 2.40. The van der Waals surface area contributed by atoms with Crippen LogP contribution < -0.4 is 5.73 Å². The number of rotatable bonds is 4. The average Bonchev–Trinajstić information content (AvgIpc) is 2.68. The highest BCUT2D eigenvalue weighted by Gasteiger charge is 2.08. The van der Waals surface area contributed by atoms with E-state index in [-0.39, 0.29) is 0 Å². The van der Waals surface area contributed by atoms with Gasteiger partial charge >= 0.3 is 0 Å². The number of aryl methyl sites for hydroxylation is 1. The van der Waals surface area contributed by atoms with Crippen molar-refractivity contribution < 1.29 is 0 Å². The molecule has 0 aliphatic heterocycles. The Morgan fingerprint density at radius 1 is 1.50 bits per heavy atom. The van der Waals surface area contributed by atoms with Crippen LogP contribution in [0.5, 0.6) is 0 Å². The van der Waals surface area contributed by atoms with E-state index in [1.54, 1.807) is 12.5 Å². The number of nitrogens with zero attached hydrogens (tertiary/aromatic N) is 4. The molecule has 0 aliphatic carbocycles. The van der Waals surface area contributed by atoms with Crippen LogP contribution in [0.3, 0.4) is 0 Å². The summed E-state index contributed by atoms with van der Waals surface area (Å²) < 4.78 is 1.87. The van der Waals surface area contributed by atoms with Gasteiger partial charge in [0.15, 0.2) is 5.16 Å². The van der Waals surface area contributed by atoms with Gasteiger partial charge < -0.3 is 10.3 Å². The second kappa shape index (κ2) is 5.09. The fraction of sp³-hybridized carbons (Fsp3) is 0.300. The molecule has 0 aliphatic rings. The number of hydrogen-bond donors (Lipinski definition) is 1. The van der Waals surface area contributed by atoms with E-state index < -0.39 is 0 Å². The summed E-state index contributed by atoms with van der Waals surface area (Å²) in [6.45, 7) is 0.623. The highest BCUT2D eigenvalue weighted by atomic mass is 32.2. The number of pyridine rings is 1. The summed E-state index contributed by atoms with van der Waals surface area (Å²) in [6.07, 6.45) is 4.28. The van der Waals surface area contributed by atoms with Gasteiger partial charge in [0.25, 0.3) is 0 Å². The molecule has 0 atom stereocenters. The Labute approximate surface area is 98.1 Å². The summed E-state index contributed by atoms with van der Waals surface area (Å²) in [4.78, 5) is 4.34. The molecule has 2 N–H and O–H groups in total. The molecule has 0 amide bonds. The van der Waals surface area contributed by atoms with Crippen LogP contribution in [0, 0.1) is 0 Å². The summed E-state index contributed by atoms with van der Waals surface area (Å²) in [7, 11) is 1.91. The van der Waals surface area contributed by atoms with Gasteiger partial charge in [0.05, 0.1) is 0 Å². The largest absolute Gasteiger partial charge is 0.330 e. The van der Waals surface area contributed by atoms with Crippen LogP contribution in [-0.4, -0.2) is 26.3 Å². The van der Waals surface area contributed by atoms with Crippen molar-refractivity contribution in [3.8, 4) is 0 Å². The molecule has 0 saturated carbocycles. The Kier molecular flexibility index (Phi) is 3.53. The topological polar surface area (TPSA) is 69.6 Å². The van der Waals surface area contributed by atoms with E-state index in [1.807, 2.05) is 23.7 Å². The molecule has 0 bridgehead atoms. The van der Waals surface area contributed by atoms with Gasteiger partial charge in [0, 0.05) is 13.2 Å². The fourth-order valence-corrected chi connectivity index (χ4v) is 2.18. The molecule has 2 aromatic heterocycles. The minimum Gasteiger partial charge on any atom is -0.330 e. The van der Waals surface area contributed by atoms with E-state index in [1.165, 1.54) is 11.8 Å². The van der Waals surface area contributed by atoms with Gasteiger partial charge in [-0.2, -0.15) is 0 Å². The number of hydrogen-bond acceptors (Lipinski definition) is 5. The van der Waals surface area contributed by atoms with Crippen molar-refractivity contribution >= 4 is 11.8 Å². The zero-order chi connectivity index (χ0) is 11.4. The van der Waals surface area contributed by atoms with E-state index in [2.05, 4.69) is 15.2 Å². The summed E-state index contributed by atoms with van der Waals surface area (Å²) in [5.74, 6) is 0. The van der Waals surface area contributed by atoms with Gasteiger partial charge in [0.2, 0.25) is 0 Å². The van der Waals surface area contributed by atoms with Crippen molar-refractivity contribution in [1.29, 1.82) is 0 Å². The number of aromatic nitrogens is 4. The molecule has 6 heteroatoms. The zero-order valence-corrected chi connectivity index (χ0v) is 9.81. The molecule has 84 valence electrons. The van der Waals surface area contributed by atoms with Gasteiger partial charge in [-0.05, 0) is 36.4 Å². The first-order valence-electron chi connectivity index (χ1n) is 4.97. The lowest BCUT2D eigenvalue weighted by Crippen LogP contribution is -2.04. The third-order valence-corrected chi connectivity index (χ3v) is 3.23. The molecule has 16 heavy (non-hydrogen) atoms. The van der Waals surface area contributed by atoms with Crippen molar-refractivity contribution in [1.82, 2.24) is 19.7 Å². The lowest BCUT2D eigenvalue weighted by molar-refractivity contribution is 0.785. The maximum Gasteiger partial charge on any atom is 0.197 e. The maximum atomic E-state index is 5.56. The predicted octanol–water partition coefficient (Wildman–Crippen LogP) is 0.862. The quantitative estimate of drug-likeness (QED) is 0.851. The first kappa shape index (κ1) is 11.1. The van der Waals surface area contributed by atoms with Gasteiger partial charge in [-0.1, -0.05) is 6.07 Å². The van der Waals surface area contributed by atoms with Crippen molar-refractivity contribution in [3.05, 3.63) is 30.2 Å². The molecule has 2 heterocycles. The summed E-state index contributed by atoms with van der Waals surface area (Å²) in [6, 6.07) is 3.96. The molecule has 0 saturated heterocycles. The molecule has 2 aromatic rings. The minimum atomic E-state index is 0.623. The van der Waals surface area contributed by atoms with E-state index in [4.69, 9.17) is 5.73 Å². The smallest absolute Gasteiger partial charge is 0.197 e. The first-order valence-corrected chi connectivity index (χ1v) is 5.78. The molecule has 2 rings (SSSR count).